The van der Waals surface area contributed by atoms with Crippen molar-refractivity contribution in [3.05, 3.63) is 173 Å². The van der Waals surface area contributed by atoms with Gasteiger partial charge < -0.3 is 0 Å². The molecule has 0 unspecified atom stereocenters. The molecule has 0 aliphatic heterocycles. The zero-order valence-corrected chi connectivity index (χ0v) is 24.2. The quantitative estimate of drug-likeness (QED) is 0.199. The number of nitrogens with zero attached hydrogens (tertiary/aromatic N) is 1. The molecule has 0 N–H and O–H groups in total. The maximum absolute atomic E-state index is 4.73. The summed E-state index contributed by atoms with van der Waals surface area (Å²) in [7, 11) is 0. The third-order valence-corrected chi connectivity index (χ3v) is 8.92. The van der Waals surface area contributed by atoms with Crippen LogP contribution >= 0.6 is 0 Å². The van der Waals surface area contributed by atoms with Crippen molar-refractivity contribution in [1.82, 2.24) is 4.98 Å². The Morgan fingerprint density at radius 3 is 1.63 bits per heavy atom. The van der Waals surface area contributed by atoms with Gasteiger partial charge in [-0.2, -0.15) is 0 Å². The van der Waals surface area contributed by atoms with E-state index in [1.807, 2.05) is 6.20 Å². The molecule has 1 aliphatic carbocycles. The highest BCUT2D eigenvalue weighted by Crippen LogP contribution is 2.43. The van der Waals surface area contributed by atoms with E-state index in [2.05, 4.69) is 146 Å². The largest absolute Gasteiger partial charge is 0.256 e. The molecule has 0 amide bonds. The molecule has 204 valence electrons. The Labute approximate surface area is 252 Å². The molecule has 1 aromatic heterocycles. The summed E-state index contributed by atoms with van der Waals surface area (Å²) in [5, 5.41) is 7.89. The van der Waals surface area contributed by atoms with E-state index in [0.29, 0.717) is 0 Å². The van der Waals surface area contributed by atoms with Gasteiger partial charge in [-0.15, -0.1) is 0 Å². The fourth-order valence-corrected chi connectivity index (χ4v) is 6.96. The van der Waals surface area contributed by atoms with Crippen molar-refractivity contribution >= 4 is 32.7 Å². The van der Waals surface area contributed by atoms with Gasteiger partial charge in [-0.25, -0.2) is 0 Å². The number of benzene rings is 6. The summed E-state index contributed by atoms with van der Waals surface area (Å²) in [4.78, 5) is 4.73. The van der Waals surface area contributed by atoms with E-state index < -0.39 is 0 Å². The Bertz CT molecular complexity index is 2220. The van der Waals surface area contributed by atoms with Gasteiger partial charge in [0.1, 0.15) is 0 Å². The number of hydrogen-bond donors (Lipinski definition) is 0. The van der Waals surface area contributed by atoms with Crippen LogP contribution in [-0.4, -0.2) is 4.98 Å². The molecule has 7 aromatic rings. The van der Waals surface area contributed by atoms with Crippen LogP contribution in [0.15, 0.2) is 146 Å². The second kappa shape index (κ2) is 10.5. The molecule has 43 heavy (non-hydrogen) atoms. The molecule has 0 saturated carbocycles. The SMILES string of the molecule is Cc1ccc(-c2cccc(-c3c4ccccc4c(C4=c5ccccc5=C(c5ccccc5)CC4)c4ccccc34)c2)nc1. The van der Waals surface area contributed by atoms with Gasteiger partial charge in [0.25, 0.3) is 0 Å². The van der Waals surface area contributed by atoms with Crippen LogP contribution in [0.4, 0.5) is 0 Å². The number of pyridine rings is 1. The van der Waals surface area contributed by atoms with Crippen LogP contribution in [0.25, 0.3) is 55.1 Å². The molecule has 1 aliphatic rings. The molecule has 0 atom stereocenters. The lowest BCUT2D eigenvalue weighted by molar-refractivity contribution is 1.04. The van der Waals surface area contributed by atoms with Crippen LogP contribution in [0.2, 0.25) is 0 Å². The molecule has 1 nitrogen and oxygen atoms in total. The Hall–Kier alpha value is -5.27. The normalized spacial score (nSPS) is 13.0. The summed E-state index contributed by atoms with van der Waals surface area (Å²) in [6.07, 6.45) is 3.97. The summed E-state index contributed by atoms with van der Waals surface area (Å²) in [5.74, 6) is 0. The first-order valence-electron chi connectivity index (χ1n) is 15.1. The monoisotopic (exact) mass is 549 g/mol. The number of fused-ring (bicyclic) bond motifs is 3. The molecule has 1 heteroatoms. The minimum atomic E-state index is 0.998. The van der Waals surface area contributed by atoms with Gasteiger partial charge in [-0.05, 0) is 103 Å². The molecule has 6 aromatic carbocycles. The van der Waals surface area contributed by atoms with Crippen molar-refractivity contribution in [2.75, 3.05) is 0 Å². The Balaban J connectivity index is 1.44. The summed E-state index contributed by atoms with van der Waals surface area (Å²) < 4.78 is 0. The maximum Gasteiger partial charge on any atom is 0.0702 e. The molecule has 0 radical (unpaired) electrons. The third kappa shape index (κ3) is 4.37. The highest BCUT2D eigenvalue weighted by Gasteiger charge is 2.21. The van der Waals surface area contributed by atoms with Crippen LogP contribution in [0, 0.1) is 6.92 Å². The highest BCUT2D eigenvalue weighted by atomic mass is 14.7. The van der Waals surface area contributed by atoms with E-state index in [1.54, 1.807) is 0 Å². The van der Waals surface area contributed by atoms with E-state index >= 15 is 0 Å². The lowest BCUT2D eigenvalue weighted by atomic mass is 9.81. The lowest BCUT2D eigenvalue weighted by Crippen LogP contribution is -2.32. The molecule has 0 fully saturated rings. The topological polar surface area (TPSA) is 12.9 Å². The molecule has 0 spiro atoms. The Morgan fingerprint density at radius 2 is 0.977 bits per heavy atom. The Morgan fingerprint density at radius 1 is 0.442 bits per heavy atom. The summed E-state index contributed by atoms with van der Waals surface area (Å²) >= 11 is 0. The van der Waals surface area contributed by atoms with Gasteiger partial charge in [0.2, 0.25) is 0 Å². The average Bonchev–Trinajstić information content (AvgIpc) is 3.07. The molecular weight excluding hydrogens is 518 g/mol. The maximum atomic E-state index is 4.73. The zero-order chi connectivity index (χ0) is 28.8. The predicted octanol–water partition coefficient (Wildman–Crippen LogP) is 9.22. The van der Waals surface area contributed by atoms with Gasteiger partial charge in [0, 0.05) is 11.8 Å². The van der Waals surface area contributed by atoms with Gasteiger partial charge in [0.05, 0.1) is 5.69 Å². The molecule has 0 bridgehead atoms. The molecular formula is C42H31N. The van der Waals surface area contributed by atoms with E-state index in [1.165, 1.54) is 70.9 Å². The zero-order valence-electron chi connectivity index (χ0n) is 24.2. The summed E-state index contributed by atoms with van der Waals surface area (Å²) in [6, 6.07) is 51.0. The van der Waals surface area contributed by atoms with Gasteiger partial charge >= 0.3 is 0 Å². The van der Waals surface area contributed by atoms with Crippen molar-refractivity contribution < 1.29 is 0 Å². The van der Waals surface area contributed by atoms with Crippen LogP contribution in [0.3, 0.4) is 0 Å². The van der Waals surface area contributed by atoms with E-state index in [9.17, 15) is 0 Å². The smallest absolute Gasteiger partial charge is 0.0702 e. The molecule has 8 rings (SSSR count). The average molecular weight is 550 g/mol. The second-order valence-electron chi connectivity index (χ2n) is 11.5. The first-order valence-corrected chi connectivity index (χ1v) is 15.1. The van der Waals surface area contributed by atoms with Crippen molar-refractivity contribution in [3.8, 4) is 22.4 Å². The third-order valence-electron chi connectivity index (χ3n) is 8.92. The molecule has 1 heterocycles. The number of aromatic nitrogens is 1. The van der Waals surface area contributed by atoms with Crippen LogP contribution < -0.4 is 10.4 Å². The standard InChI is InChI=1S/C42H31N/c1-28-22-25-40(43-27-28)30-14-11-15-31(26-30)41-35-18-7-9-20-37(35)42(38-21-10-8-19-36(38)41)39-24-23-32(29-12-3-2-4-13-29)33-16-5-6-17-34(33)39/h2-22,25-27H,23-24H2,1H3. The van der Waals surface area contributed by atoms with Crippen LogP contribution in [-0.2, 0) is 0 Å². The van der Waals surface area contributed by atoms with Crippen molar-refractivity contribution in [2.24, 2.45) is 0 Å². The fourth-order valence-electron chi connectivity index (χ4n) is 6.96. The summed E-state index contributed by atoms with van der Waals surface area (Å²) in [6.45, 7) is 2.08. The van der Waals surface area contributed by atoms with E-state index in [-0.39, 0.29) is 0 Å². The predicted molar refractivity (Wildman–Crippen MR) is 181 cm³/mol. The van der Waals surface area contributed by atoms with E-state index in [4.69, 9.17) is 4.98 Å². The van der Waals surface area contributed by atoms with Gasteiger partial charge in [-0.3, -0.25) is 4.98 Å². The van der Waals surface area contributed by atoms with Crippen molar-refractivity contribution in [2.45, 2.75) is 19.8 Å². The van der Waals surface area contributed by atoms with Crippen LogP contribution in [0.1, 0.15) is 29.5 Å². The van der Waals surface area contributed by atoms with Gasteiger partial charge in [0.15, 0.2) is 0 Å². The molecule has 0 saturated heterocycles. The van der Waals surface area contributed by atoms with Crippen molar-refractivity contribution in [3.63, 3.8) is 0 Å². The minimum Gasteiger partial charge on any atom is -0.256 e. The number of aryl methyl sites for hydroxylation is 1. The number of rotatable bonds is 4. The Kier molecular flexibility index (Phi) is 6.23. The fraction of sp³-hybridized carbons (Fsp3) is 0.0714. The van der Waals surface area contributed by atoms with Crippen LogP contribution in [0.5, 0.6) is 0 Å². The van der Waals surface area contributed by atoms with E-state index in [0.717, 1.165) is 24.1 Å². The highest BCUT2D eigenvalue weighted by molar-refractivity contribution is 6.19. The first-order chi connectivity index (χ1) is 21.3. The lowest BCUT2D eigenvalue weighted by Gasteiger charge is -2.23. The minimum absolute atomic E-state index is 0.998. The first kappa shape index (κ1) is 25.4. The number of hydrogen-bond acceptors (Lipinski definition) is 1. The second-order valence-corrected chi connectivity index (χ2v) is 11.5. The van der Waals surface area contributed by atoms with Gasteiger partial charge in [-0.1, -0.05) is 127 Å². The summed E-state index contributed by atoms with van der Waals surface area (Å²) in [5.41, 5.74) is 11.4. The van der Waals surface area contributed by atoms with Crippen molar-refractivity contribution in [1.29, 1.82) is 0 Å².